The lowest BCUT2D eigenvalue weighted by Gasteiger charge is -2.16. The molecule has 19 heavy (non-hydrogen) atoms. The minimum Gasteiger partial charge on any atom is -0.481 e. The van der Waals surface area contributed by atoms with Gasteiger partial charge >= 0.3 is 5.97 Å². The summed E-state index contributed by atoms with van der Waals surface area (Å²) in [7, 11) is 2.96. The summed E-state index contributed by atoms with van der Waals surface area (Å²) in [6.07, 6.45) is 2.36. The van der Waals surface area contributed by atoms with Crippen LogP contribution in [0.2, 0.25) is 0 Å². The van der Waals surface area contributed by atoms with Crippen LogP contribution in [0, 0.1) is 0 Å². The maximum atomic E-state index is 10.4. The molecule has 0 radical (unpaired) electrons. The van der Waals surface area contributed by atoms with E-state index in [-0.39, 0.29) is 18.8 Å². The second kappa shape index (κ2) is 8.49. The van der Waals surface area contributed by atoms with Crippen molar-refractivity contribution < 1.29 is 19.4 Å². The largest absolute Gasteiger partial charge is 0.481 e. The van der Waals surface area contributed by atoms with Crippen molar-refractivity contribution in [1.29, 1.82) is 0 Å². The van der Waals surface area contributed by atoms with Crippen molar-refractivity contribution in [3.63, 3.8) is 0 Å². The highest BCUT2D eigenvalue weighted by Crippen LogP contribution is 2.31. The zero-order valence-electron chi connectivity index (χ0n) is 10.8. The Balaban J connectivity index is 0.00000324. The van der Waals surface area contributed by atoms with Crippen LogP contribution in [0.25, 0.3) is 0 Å². The minimum atomic E-state index is -0.842. The summed E-state index contributed by atoms with van der Waals surface area (Å²) in [5, 5.41) is 8.58. The predicted molar refractivity (Wildman–Crippen MR) is 70.8 cm³/mol. The number of halogens is 1. The van der Waals surface area contributed by atoms with Crippen molar-refractivity contribution in [1.82, 2.24) is 9.97 Å². The average molecular weight is 292 g/mol. The van der Waals surface area contributed by atoms with Crippen molar-refractivity contribution in [2.75, 3.05) is 14.2 Å². The van der Waals surface area contributed by atoms with E-state index in [1.165, 1.54) is 20.5 Å². The molecule has 0 saturated carbocycles. The maximum absolute atomic E-state index is 10.4. The lowest BCUT2D eigenvalue weighted by Crippen LogP contribution is -2.15. The molecule has 1 aromatic rings. The van der Waals surface area contributed by atoms with Gasteiger partial charge in [0.05, 0.1) is 19.8 Å². The number of nitrogens with two attached hydrogens (primary N) is 1. The Kier molecular flexibility index (Phi) is 7.78. The van der Waals surface area contributed by atoms with Gasteiger partial charge in [-0.25, -0.2) is 9.97 Å². The molecule has 1 atom stereocenters. The van der Waals surface area contributed by atoms with Gasteiger partial charge in [0.1, 0.15) is 6.33 Å². The van der Waals surface area contributed by atoms with E-state index in [1.807, 2.05) is 0 Å². The molecule has 0 aliphatic rings. The van der Waals surface area contributed by atoms with E-state index in [2.05, 4.69) is 9.97 Å². The lowest BCUT2D eigenvalue weighted by atomic mass is 10.0. The van der Waals surface area contributed by atoms with Gasteiger partial charge in [-0.1, -0.05) is 0 Å². The second-order valence-electron chi connectivity index (χ2n) is 3.70. The summed E-state index contributed by atoms with van der Waals surface area (Å²) in [4.78, 5) is 18.4. The zero-order valence-corrected chi connectivity index (χ0v) is 11.6. The average Bonchev–Trinajstić information content (AvgIpc) is 2.36. The molecular weight excluding hydrogens is 274 g/mol. The Labute approximate surface area is 117 Å². The van der Waals surface area contributed by atoms with Crippen LogP contribution >= 0.6 is 12.4 Å². The van der Waals surface area contributed by atoms with Gasteiger partial charge in [-0.3, -0.25) is 4.79 Å². The van der Waals surface area contributed by atoms with Crippen LogP contribution in [0.3, 0.4) is 0 Å². The highest BCUT2D eigenvalue weighted by atomic mass is 35.5. The SMILES string of the molecule is COc1ncnc(OC)c1C(N)CCCC(=O)O.Cl. The number of nitrogens with zero attached hydrogens (tertiary/aromatic N) is 2. The van der Waals surface area contributed by atoms with Crippen molar-refractivity contribution in [3.8, 4) is 11.8 Å². The van der Waals surface area contributed by atoms with Gasteiger partial charge in [-0.15, -0.1) is 12.4 Å². The molecule has 1 aromatic heterocycles. The Bertz CT molecular complexity index is 395. The summed E-state index contributed by atoms with van der Waals surface area (Å²) in [5.41, 5.74) is 6.56. The fraction of sp³-hybridized carbons (Fsp3) is 0.545. The summed E-state index contributed by atoms with van der Waals surface area (Å²) >= 11 is 0. The lowest BCUT2D eigenvalue weighted by molar-refractivity contribution is -0.137. The third-order valence-corrected chi connectivity index (χ3v) is 2.47. The van der Waals surface area contributed by atoms with E-state index >= 15 is 0 Å². The Hall–Kier alpha value is -1.60. The summed E-state index contributed by atoms with van der Waals surface area (Å²) in [6, 6.07) is -0.421. The van der Waals surface area contributed by atoms with E-state index in [9.17, 15) is 4.79 Å². The first-order chi connectivity index (χ1) is 8.60. The van der Waals surface area contributed by atoms with E-state index in [4.69, 9.17) is 20.3 Å². The number of aromatic nitrogens is 2. The molecule has 3 N–H and O–H groups in total. The monoisotopic (exact) mass is 291 g/mol. The van der Waals surface area contributed by atoms with Gasteiger partial charge in [0, 0.05) is 12.5 Å². The first kappa shape index (κ1) is 17.4. The Morgan fingerprint density at radius 2 is 1.89 bits per heavy atom. The van der Waals surface area contributed by atoms with Crippen LogP contribution in [0.4, 0.5) is 0 Å². The topological polar surface area (TPSA) is 108 Å². The molecular formula is C11H18ClN3O4. The third kappa shape index (κ3) is 4.88. The first-order valence-corrected chi connectivity index (χ1v) is 5.50. The molecule has 0 amide bonds. The molecule has 0 aliphatic carbocycles. The van der Waals surface area contributed by atoms with Crippen molar-refractivity contribution in [2.45, 2.75) is 25.3 Å². The number of hydrogen-bond donors (Lipinski definition) is 2. The van der Waals surface area contributed by atoms with Gasteiger partial charge in [-0.2, -0.15) is 0 Å². The smallest absolute Gasteiger partial charge is 0.303 e. The molecule has 1 unspecified atom stereocenters. The number of aliphatic carboxylic acids is 1. The highest BCUT2D eigenvalue weighted by molar-refractivity contribution is 5.85. The molecule has 0 spiro atoms. The predicted octanol–water partition coefficient (Wildman–Crippen LogP) is 1.17. The fourth-order valence-electron chi connectivity index (χ4n) is 1.62. The molecule has 0 aliphatic heterocycles. The molecule has 1 heterocycles. The van der Waals surface area contributed by atoms with Gasteiger partial charge < -0.3 is 20.3 Å². The van der Waals surface area contributed by atoms with Crippen LogP contribution in [-0.4, -0.2) is 35.3 Å². The minimum absolute atomic E-state index is 0. The molecule has 108 valence electrons. The van der Waals surface area contributed by atoms with E-state index in [1.54, 1.807) is 0 Å². The Morgan fingerprint density at radius 1 is 1.37 bits per heavy atom. The Morgan fingerprint density at radius 3 is 2.32 bits per heavy atom. The molecule has 7 nitrogen and oxygen atoms in total. The molecule has 0 saturated heterocycles. The summed E-state index contributed by atoms with van der Waals surface area (Å²) < 4.78 is 10.2. The van der Waals surface area contributed by atoms with Crippen molar-refractivity contribution in [3.05, 3.63) is 11.9 Å². The van der Waals surface area contributed by atoms with E-state index in [0.717, 1.165) is 0 Å². The number of ether oxygens (including phenoxy) is 2. The molecule has 8 heteroatoms. The van der Waals surface area contributed by atoms with Crippen molar-refractivity contribution >= 4 is 18.4 Å². The zero-order chi connectivity index (χ0) is 13.5. The number of methoxy groups -OCH3 is 2. The van der Waals surface area contributed by atoms with Crippen LogP contribution in [-0.2, 0) is 4.79 Å². The van der Waals surface area contributed by atoms with Gasteiger partial charge in [-0.05, 0) is 12.8 Å². The van der Waals surface area contributed by atoms with Crippen LogP contribution in [0.5, 0.6) is 11.8 Å². The molecule has 0 fully saturated rings. The number of rotatable bonds is 7. The standard InChI is InChI=1S/C11H17N3O4.ClH/c1-17-10-9(11(18-2)14-6-13-10)7(12)4-3-5-8(15)16;/h6-7H,3-5,12H2,1-2H3,(H,15,16);1H. The quantitative estimate of drug-likeness (QED) is 0.776. The number of carboxylic acids is 1. The maximum Gasteiger partial charge on any atom is 0.303 e. The highest BCUT2D eigenvalue weighted by Gasteiger charge is 2.20. The van der Waals surface area contributed by atoms with Gasteiger partial charge in [0.2, 0.25) is 11.8 Å². The van der Waals surface area contributed by atoms with Gasteiger partial charge in [0.15, 0.2) is 0 Å². The van der Waals surface area contributed by atoms with E-state index in [0.29, 0.717) is 30.2 Å². The normalized spacial score (nSPS) is 11.3. The molecule has 0 aromatic carbocycles. The number of carboxylic acid groups (broad SMARTS) is 1. The van der Waals surface area contributed by atoms with Crippen molar-refractivity contribution in [2.24, 2.45) is 5.73 Å². The third-order valence-electron chi connectivity index (χ3n) is 2.47. The van der Waals surface area contributed by atoms with E-state index < -0.39 is 12.0 Å². The van der Waals surface area contributed by atoms with Crippen LogP contribution < -0.4 is 15.2 Å². The molecule has 0 bridgehead atoms. The van der Waals surface area contributed by atoms with Crippen LogP contribution in [0.15, 0.2) is 6.33 Å². The number of hydrogen-bond acceptors (Lipinski definition) is 6. The molecule has 1 rings (SSSR count). The fourth-order valence-corrected chi connectivity index (χ4v) is 1.62. The second-order valence-corrected chi connectivity index (χ2v) is 3.70. The van der Waals surface area contributed by atoms with Gasteiger partial charge in [0.25, 0.3) is 0 Å². The summed E-state index contributed by atoms with van der Waals surface area (Å²) in [6.45, 7) is 0. The number of carbonyl (C=O) groups is 1. The first-order valence-electron chi connectivity index (χ1n) is 5.50. The van der Waals surface area contributed by atoms with Crippen LogP contribution in [0.1, 0.15) is 30.9 Å². The summed E-state index contributed by atoms with van der Waals surface area (Å²) in [5.74, 6) is -0.139.